The lowest BCUT2D eigenvalue weighted by molar-refractivity contribution is 0.544. The number of rotatable bonds is 2. The molecule has 1 atom stereocenters. The van der Waals surface area contributed by atoms with Gasteiger partial charge in [-0.3, -0.25) is 4.57 Å². The van der Waals surface area contributed by atoms with Gasteiger partial charge < -0.3 is 10.3 Å². The molecule has 1 aliphatic heterocycles. The van der Waals surface area contributed by atoms with Gasteiger partial charge in [-0.1, -0.05) is 19.1 Å². The van der Waals surface area contributed by atoms with Gasteiger partial charge in [0.05, 0.1) is 17.1 Å². The molecule has 0 radical (unpaired) electrons. The monoisotopic (exact) mass is 231 g/mol. The van der Waals surface area contributed by atoms with Crippen LogP contribution < -0.4 is 11.0 Å². The lowest BCUT2D eigenvalue weighted by atomic mass is 10.1. The Balaban J connectivity index is 2.28. The highest BCUT2D eigenvalue weighted by Crippen LogP contribution is 2.22. The number of para-hydroxylation sites is 1. The number of H-pyrrole nitrogens is 1. The van der Waals surface area contributed by atoms with E-state index in [4.69, 9.17) is 0 Å². The van der Waals surface area contributed by atoms with Crippen LogP contribution in [0.1, 0.15) is 24.9 Å². The first-order chi connectivity index (χ1) is 8.31. The number of nitrogens with one attached hydrogen (secondary N) is 2. The van der Waals surface area contributed by atoms with E-state index in [0.717, 1.165) is 37.0 Å². The van der Waals surface area contributed by atoms with Crippen LogP contribution in [0.5, 0.6) is 0 Å². The summed E-state index contributed by atoms with van der Waals surface area (Å²) < 4.78 is 1.94. The maximum atomic E-state index is 12.1. The fraction of sp³-hybridized carbons (Fsp3) is 0.462. The summed E-state index contributed by atoms with van der Waals surface area (Å²) in [5.41, 5.74) is 3.32. The lowest BCUT2D eigenvalue weighted by Crippen LogP contribution is -2.24. The number of hydrogen-bond acceptors (Lipinski definition) is 2. The number of hydrogen-bond donors (Lipinski definition) is 2. The van der Waals surface area contributed by atoms with Crippen molar-refractivity contribution < 1.29 is 0 Å². The predicted octanol–water partition coefficient (Wildman–Crippen LogP) is 1.43. The normalized spacial score (nSPS) is 20.2. The summed E-state index contributed by atoms with van der Waals surface area (Å²) >= 11 is 0. The van der Waals surface area contributed by atoms with Crippen molar-refractivity contribution >= 4 is 11.0 Å². The third-order valence-electron chi connectivity index (χ3n) is 3.60. The molecule has 1 saturated heterocycles. The summed E-state index contributed by atoms with van der Waals surface area (Å²) in [6, 6.07) is 6.39. The predicted molar refractivity (Wildman–Crippen MR) is 68.5 cm³/mol. The molecule has 2 N–H and O–H groups in total. The summed E-state index contributed by atoms with van der Waals surface area (Å²) in [5, 5.41) is 3.32. The van der Waals surface area contributed by atoms with E-state index in [-0.39, 0.29) is 5.69 Å². The first-order valence-corrected chi connectivity index (χ1v) is 6.24. The van der Waals surface area contributed by atoms with Crippen LogP contribution in [0.3, 0.4) is 0 Å². The van der Waals surface area contributed by atoms with Crippen molar-refractivity contribution in [3.05, 3.63) is 34.2 Å². The average Bonchev–Trinajstić information content (AvgIpc) is 2.93. The summed E-state index contributed by atoms with van der Waals surface area (Å²) in [7, 11) is 0. The second-order valence-electron chi connectivity index (χ2n) is 4.61. The van der Waals surface area contributed by atoms with Gasteiger partial charge >= 0.3 is 5.69 Å². The maximum absolute atomic E-state index is 12.1. The molecule has 1 aliphatic rings. The maximum Gasteiger partial charge on any atom is 0.326 e. The van der Waals surface area contributed by atoms with Gasteiger partial charge in [0.2, 0.25) is 0 Å². The molecule has 3 rings (SSSR count). The van der Waals surface area contributed by atoms with Crippen LogP contribution >= 0.6 is 0 Å². The van der Waals surface area contributed by atoms with Crippen LogP contribution in [-0.2, 0) is 6.42 Å². The zero-order valence-corrected chi connectivity index (χ0v) is 9.99. The molecule has 0 amide bonds. The molecule has 4 heteroatoms. The molecule has 0 aliphatic carbocycles. The Labute approximate surface area is 99.6 Å². The topological polar surface area (TPSA) is 49.8 Å². The van der Waals surface area contributed by atoms with E-state index in [2.05, 4.69) is 23.3 Å². The van der Waals surface area contributed by atoms with Crippen molar-refractivity contribution in [2.24, 2.45) is 0 Å². The Morgan fingerprint density at radius 2 is 2.35 bits per heavy atom. The van der Waals surface area contributed by atoms with Crippen LogP contribution in [0, 0.1) is 0 Å². The molecule has 1 aromatic carbocycles. The van der Waals surface area contributed by atoms with Gasteiger partial charge in [-0.05, 0) is 31.0 Å². The highest BCUT2D eigenvalue weighted by molar-refractivity contribution is 5.79. The number of aromatic amines is 1. The Hall–Kier alpha value is -1.55. The molecule has 0 spiro atoms. The van der Waals surface area contributed by atoms with Gasteiger partial charge in [-0.15, -0.1) is 0 Å². The summed E-state index contributed by atoms with van der Waals surface area (Å²) in [4.78, 5) is 15.0. The van der Waals surface area contributed by atoms with E-state index < -0.39 is 0 Å². The van der Waals surface area contributed by atoms with E-state index in [1.54, 1.807) is 0 Å². The molecule has 1 fully saturated rings. The van der Waals surface area contributed by atoms with E-state index in [0.29, 0.717) is 6.04 Å². The van der Waals surface area contributed by atoms with Gasteiger partial charge in [0, 0.05) is 6.54 Å². The molecule has 0 bridgehead atoms. The highest BCUT2D eigenvalue weighted by atomic mass is 16.1. The largest absolute Gasteiger partial charge is 0.326 e. The number of benzene rings is 1. The fourth-order valence-electron chi connectivity index (χ4n) is 2.75. The van der Waals surface area contributed by atoms with E-state index in [9.17, 15) is 4.79 Å². The second kappa shape index (κ2) is 4.04. The number of fused-ring (bicyclic) bond motifs is 1. The zero-order chi connectivity index (χ0) is 11.8. The van der Waals surface area contributed by atoms with Crippen molar-refractivity contribution in [3.8, 4) is 0 Å². The summed E-state index contributed by atoms with van der Waals surface area (Å²) in [6.07, 6.45) is 1.99. The highest BCUT2D eigenvalue weighted by Gasteiger charge is 2.21. The van der Waals surface area contributed by atoms with E-state index >= 15 is 0 Å². The fourth-order valence-corrected chi connectivity index (χ4v) is 2.75. The minimum atomic E-state index is 0.0228. The van der Waals surface area contributed by atoms with Crippen LogP contribution in [0.15, 0.2) is 23.0 Å². The first-order valence-electron chi connectivity index (χ1n) is 6.24. The number of nitrogens with zero attached hydrogens (tertiary/aromatic N) is 1. The minimum absolute atomic E-state index is 0.0228. The van der Waals surface area contributed by atoms with Crippen molar-refractivity contribution in [1.29, 1.82) is 0 Å². The van der Waals surface area contributed by atoms with Crippen LogP contribution in [0.4, 0.5) is 0 Å². The number of imidazole rings is 1. The number of aryl methyl sites for hydroxylation is 1. The van der Waals surface area contributed by atoms with E-state index in [1.807, 2.05) is 16.7 Å². The smallest absolute Gasteiger partial charge is 0.315 e. The van der Waals surface area contributed by atoms with Crippen molar-refractivity contribution in [2.75, 3.05) is 13.1 Å². The van der Waals surface area contributed by atoms with Gasteiger partial charge in [0.1, 0.15) is 0 Å². The van der Waals surface area contributed by atoms with Crippen LogP contribution in [-0.4, -0.2) is 22.6 Å². The Morgan fingerprint density at radius 1 is 1.47 bits per heavy atom. The van der Waals surface area contributed by atoms with Crippen molar-refractivity contribution in [3.63, 3.8) is 0 Å². The van der Waals surface area contributed by atoms with Gasteiger partial charge in [0.25, 0.3) is 0 Å². The third kappa shape index (κ3) is 1.60. The first kappa shape index (κ1) is 10.6. The van der Waals surface area contributed by atoms with Gasteiger partial charge in [-0.2, -0.15) is 0 Å². The van der Waals surface area contributed by atoms with Crippen molar-refractivity contribution in [2.45, 2.75) is 25.8 Å². The van der Waals surface area contributed by atoms with Gasteiger partial charge in [-0.25, -0.2) is 4.79 Å². The molecule has 2 aromatic rings. The van der Waals surface area contributed by atoms with Crippen LogP contribution in [0.25, 0.3) is 11.0 Å². The van der Waals surface area contributed by atoms with E-state index in [1.165, 1.54) is 5.56 Å². The molecular formula is C13H17N3O. The van der Waals surface area contributed by atoms with Gasteiger partial charge in [0.15, 0.2) is 0 Å². The third-order valence-corrected chi connectivity index (χ3v) is 3.60. The molecule has 0 saturated carbocycles. The Kier molecular flexibility index (Phi) is 2.52. The van der Waals surface area contributed by atoms with Crippen molar-refractivity contribution in [1.82, 2.24) is 14.9 Å². The molecule has 90 valence electrons. The minimum Gasteiger partial charge on any atom is -0.315 e. The standard InChI is InChI=1S/C13H17N3O/c1-2-9-4-3-5-11-12(9)16(13(17)15-11)10-6-7-14-8-10/h3-5,10,14H,2,6-8H2,1H3,(H,15,17). The second-order valence-corrected chi connectivity index (χ2v) is 4.61. The molecule has 4 nitrogen and oxygen atoms in total. The molecule has 17 heavy (non-hydrogen) atoms. The Bertz CT molecular complexity index is 590. The summed E-state index contributed by atoms with van der Waals surface area (Å²) in [6.45, 7) is 4.02. The lowest BCUT2D eigenvalue weighted by Gasteiger charge is -2.12. The average molecular weight is 231 g/mol. The number of aromatic nitrogens is 2. The quantitative estimate of drug-likeness (QED) is 0.821. The summed E-state index contributed by atoms with van der Waals surface area (Å²) in [5.74, 6) is 0. The molecule has 1 unspecified atom stereocenters. The molecule has 1 aromatic heterocycles. The molecule has 2 heterocycles. The molecular weight excluding hydrogens is 214 g/mol. The SMILES string of the molecule is CCc1cccc2[nH]c(=O)n(C3CCNC3)c12. The Morgan fingerprint density at radius 3 is 3.06 bits per heavy atom. The zero-order valence-electron chi connectivity index (χ0n) is 9.99. The van der Waals surface area contributed by atoms with Crippen LogP contribution in [0.2, 0.25) is 0 Å².